The molecular weight excluding hydrogens is 507 g/mol. The molecule has 0 bridgehead atoms. The van der Waals surface area contributed by atoms with Gasteiger partial charge in [-0.15, -0.1) is 0 Å². The summed E-state index contributed by atoms with van der Waals surface area (Å²) in [6, 6.07) is 7.97. The van der Waals surface area contributed by atoms with Gasteiger partial charge in [0.15, 0.2) is 10.4 Å². The van der Waals surface area contributed by atoms with Crippen molar-refractivity contribution in [1.29, 1.82) is 0 Å². The second-order valence-electron chi connectivity index (χ2n) is 6.99. The van der Waals surface area contributed by atoms with E-state index in [0.717, 1.165) is 5.56 Å². The van der Waals surface area contributed by atoms with Gasteiger partial charge in [0, 0.05) is 17.3 Å². The molecule has 0 saturated carbocycles. The molecule has 0 amide bonds. The average molecular weight is 528 g/mol. The molecule has 31 heavy (non-hydrogen) atoms. The fraction of sp³-hybridized carbons (Fsp3) is 0.286. The largest absolute Gasteiger partial charge is 0.461 e. The van der Waals surface area contributed by atoms with Crippen molar-refractivity contribution in [3.8, 4) is 0 Å². The van der Waals surface area contributed by atoms with Crippen LogP contribution in [0.3, 0.4) is 0 Å². The molecule has 1 unspecified atom stereocenters. The van der Waals surface area contributed by atoms with E-state index in [-0.39, 0.29) is 29.6 Å². The second kappa shape index (κ2) is 9.89. The summed E-state index contributed by atoms with van der Waals surface area (Å²) < 4.78 is 7.59. The Morgan fingerprint density at radius 1 is 1.26 bits per heavy atom. The standard InChI is InChI=1S/C21H21BrCl2N4O3/c1-4-31-20(30)17-18(28(11(2)3)21(22)27-17)16(12-5-7-13(23)8-6-12)26-15-9-14(24)10-25-19(15)29/h5-11,16,26H,4H2,1-3H3,(H,25,29). The summed E-state index contributed by atoms with van der Waals surface area (Å²) in [6.07, 6.45) is 1.41. The van der Waals surface area contributed by atoms with Crippen molar-refractivity contribution in [3.63, 3.8) is 0 Å². The number of hydrogen-bond acceptors (Lipinski definition) is 5. The van der Waals surface area contributed by atoms with E-state index in [1.54, 1.807) is 19.1 Å². The third-order valence-electron chi connectivity index (χ3n) is 4.53. The van der Waals surface area contributed by atoms with E-state index in [0.29, 0.717) is 20.5 Å². The van der Waals surface area contributed by atoms with E-state index in [1.165, 1.54) is 12.3 Å². The monoisotopic (exact) mass is 526 g/mol. The van der Waals surface area contributed by atoms with Gasteiger partial charge < -0.3 is 19.6 Å². The van der Waals surface area contributed by atoms with E-state index in [1.807, 2.05) is 30.5 Å². The Hall–Kier alpha value is -2.29. The van der Waals surface area contributed by atoms with Gasteiger partial charge >= 0.3 is 5.97 Å². The summed E-state index contributed by atoms with van der Waals surface area (Å²) in [7, 11) is 0. The number of carbonyl (C=O) groups is 1. The van der Waals surface area contributed by atoms with Gasteiger partial charge in [0.2, 0.25) is 0 Å². The zero-order chi connectivity index (χ0) is 22.7. The van der Waals surface area contributed by atoms with Crippen LogP contribution in [0.15, 0.2) is 46.1 Å². The summed E-state index contributed by atoms with van der Waals surface area (Å²) in [6.45, 7) is 5.87. The summed E-state index contributed by atoms with van der Waals surface area (Å²) in [5.74, 6) is -0.557. The minimum atomic E-state index is -0.627. The molecule has 0 aliphatic rings. The number of benzene rings is 1. The number of imidazole rings is 1. The zero-order valence-electron chi connectivity index (χ0n) is 17.1. The van der Waals surface area contributed by atoms with Crippen molar-refractivity contribution in [1.82, 2.24) is 14.5 Å². The number of aromatic amines is 1. The SMILES string of the molecule is CCOC(=O)c1nc(Br)n(C(C)C)c1C(Nc1cc(Cl)c[nH]c1=O)c1ccc(Cl)cc1. The lowest BCUT2D eigenvalue weighted by molar-refractivity contribution is 0.0518. The number of rotatable bonds is 7. The molecule has 0 spiro atoms. The first-order chi connectivity index (χ1) is 14.7. The zero-order valence-corrected chi connectivity index (χ0v) is 20.2. The van der Waals surface area contributed by atoms with Gasteiger partial charge in [-0.05, 0) is 60.5 Å². The Kier molecular flexibility index (Phi) is 7.46. The second-order valence-corrected chi connectivity index (χ2v) is 8.57. The first-order valence-corrected chi connectivity index (χ1v) is 11.1. The van der Waals surface area contributed by atoms with Crippen LogP contribution in [0.4, 0.5) is 5.69 Å². The highest BCUT2D eigenvalue weighted by Gasteiger charge is 2.31. The van der Waals surface area contributed by atoms with E-state index in [2.05, 4.69) is 31.2 Å². The number of esters is 1. The van der Waals surface area contributed by atoms with Crippen LogP contribution in [0.2, 0.25) is 10.0 Å². The molecule has 0 aliphatic heterocycles. The lowest BCUT2D eigenvalue weighted by Crippen LogP contribution is -2.24. The molecule has 10 heteroatoms. The van der Waals surface area contributed by atoms with Crippen LogP contribution < -0.4 is 10.9 Å². The summed E-state index contributed by atoms with van der Waals surface area (Å²) in [4.78, 5) is 32.2. The highest BCUT2D eigenvalue weighted by atomic mass is 79.9. The normalized spacial score (nSPS) is 12.1. The van der Waals surface area contributed by atoms with E-state index in [9.17, 15) is 9.59 Å². The Bertz CT molecular complexity index is 1140. The number of ether oxygens (including phenoxy) is 1. The molecule has 1 atom stereocenters. The fourth-order valence-electron chi connectivity index (χ4n) is 3.22. The van der Waals surface area contributed by atoms with Gasteiger partial charge in [-0.3, -0.25) is 4.79 Å². The smallest absolute Gasteiger partial charge is 0.358 e. The minimum absolute atomic E-state index is 0.0469. The average Bonchev–Trinajstić information content (AvgIpc) is 3.07. The number of nitrogens with zero attached hydrogens (tertiary/aromatic N) is 2. The highest BCUT2D eigenvalue weighted by molar-refractivity contribution is 9.10. The maximum Gasteiger partial charge on any atom is 0.358 e. The van der Waals surface area contributed by atoms with Gasteiger partial charge in [0.1, 0.15) is 5.69 Å². The molecule has 1 aromatic carbocycles. The van der Waals surface area contributed by atoms with Crippen molar-refractivity contribution in [2.24, 2.45) is 0 Å². The molecule has 0 radical (unpaired) electrons. The molecule has 2 heterocycles. The van der Waals surface area contributed by atoms with Crippen LogP contribution in [0.5, 0.6) is 0 Å². The first-order valence-electron chi connectivity index (χ1n) is 9.57. The number of hydrogen-bond donors (Lipinski definition) is 2. The number of anilines is 1. The predicted octanol–water partition coefficient (Wildman–Crippen LogP) is 5.60. The number of aromatic nitrogens is 3. The first kappa shape index (κ1) is 23.4. The van der Waals surface area contributed by atoms with E-state index in [4.69, 9.17) is 27.9 Å². The van der Waals surface area contributed by atoms with E-state index >= 15 is 0 Å². The van der Waals surface area contributed by atoms with E-state index < -0.39 is 12.0 Å². The van der Waals surface area contributed by atoms with Crippen molar-refractivity contribution in [2.75, 3.05) is 11.9 Å². The minimum Gasteiger partial charge on any atom is -0.461 e. The van der Waals surface area contributed by atoms with Crippen LogP contribution in [0, 0.1) is 0 Å². The molecule has 3 rings (SSSR count). The van der Waals surface area contributed by atoms with Gasteiger partial charge in [0.25, 0.3) is 5.56 Å². The number of H-pyrrole nitrogens is 1. The van der Waals surface area contributed by atoms with Crippen LogP contribution in [-0.4, -0.2) is 27.1 Å². The van der Waals surface area contributed by atoms with Crippen LogP contribution in [0.25, 0.3) is 0 Å². The van der Waals surface area contributed by atoms with Crippen molar-refractivity contribution in [2.45, 2.75) is 32.9 Å². The predicted molar refractivity (Wildman–Crippen MR) is 125 cm³/mol. The van der Waals surface area contributed by atoms with Gasteiger partial charge in [-0.2, -0.15) is 0 Å². The van der Waals surface area contributed by atoms with Gasteiger partial charge in [0.05, 0.1) is 23.4 Å². The third kappa shape index (κ3) is 5.14. The number of carbonyl (C=O) groups excluding carboxylic acids is 1. The summed E-state index contributed by atoms with van der Waals surface area (Å²) in [5, 5.41) is 4.15. The lowest BCUT2D eigenvalue weighted by atomic mass is 10.0. The molecule has 0 aliphatic carbocycles. The van der Waals surface area contributed by atoms with Gasteiger partial charge in [-0.25, -0.2) is 9.78 Å². The molecule has 2 N–H and O–H groups in total. The maximum atomic E-state index is 12.8. The van der Waals surface area contributed by atoms with Gasteiger partial charge in [-0.1, -0.05) is 35.3 Å². The number of pyridine rings is 1. The lowest BCUT2D eigenvalue weighted by Gasteiger charge is -2.24. The fourth-order valence-corrected chi connectivity index (χ4v) is 4.29. The quantitative estimate of drug-likeness (QED) is 0.390. The van der Waals surface area contributed by atoms with Crippen molar-refractivity contribution >= 4 is 50.8 Å². The molecule has 164 valence electrons. The number of halogens is 3. The van der Waals surface area contributed by atoms with Crippen LogP contribution in [-0.2, 0) is 4.74 Å². The Balaban J connectivity index is 2.26. The maximum absolute atomic E-state index is 12.8. The Labute approximate surface area is 197 Å². The molecule has 0 fully saturated rings. The molecule has 3 aromatic rings. The third-order valence-corrected chi connectivity index (χ3v) is 5.56. The Morgan fingerprint density at radius 3 is 2.55 bits per heavy atom. The molecule has 7 nitrogen and oxygen atoms in total. The summed E-state index contributed by atoms with van der Waals surface area (Å²) in [5.41, 5.74) is 1.35. The highest BCUT2D eigenvalue weighted by Crippen LogP contribution is 2.34. The van der Waals surface area contributed by atoms with Crippen molar-refractivity contribution < 1.29 is 9.53 Å². The topological polar surface area (TPSA) is 89.0 Å². The molecule has 0 saturated heterocycles. The molecular formula is C21H21BrCl2N4O3. The van der Waals surface area contributed by atoms with Crippen LogP contribution >= 0.6 is 39.1 Å². The van der Waals surface area contributed by atoms with Crippen molar-refractivity contribution in [3.05, 3.63) is 78.6 Å². The van der Waals surface area contributed by atoms with Crippen LogP contribution in [0.1, 0.15) is 54.6 Å². The Morgan fingerprint density at radius 2 is 1.94 bits per heavy atom. The number of nitrogens with one attached hydrogen (secondary N) is 2. The molecule has 2 aromatic heterocycles. The summed E-state index contributed by atoms with van der Waals surface area (Å²) >= 11 is 15.6.